The minimum absolute atomic E-state index is 0.160. The highest BCUT2D eigenvalue weighted by molar-refractivity contribution is 6.30. The molecule has 1 saturated heterocycles. The number of nitrogens with zero attached hydrogens (tertiary/aromatic N) is 1. The lowest BCUT2D eigenvalue weighted by Crippen LogP contribution is -2.43. The van der Waals surface area contributed by atoms with Gasteiger partial charge in [0.25, 0.3) is 5.91 Å². The van der Waals surface area contributed by atoms with Gasteiger partial charge in [-0.05, 0) is 24.6 Å². The van der Waals surface area contributed by atoms with Gasteiger partial charge in [0.15, 0.2) is 5.43 Å². The molecule has 1 fully saturated rings. The van der Waals surface area contributed by atoms with E-state index in [4.69, 9.17) is 16.3 Å². The molecule has 0 aliphatic carbocycles. The summed E-state index contributed by atoms with van der Waals surface area (Å²) in [7, 11) is 0. The molecule has 6 heteroatoms. The molecule has 0 unspecified atom stereocenters. The summed E-state index contributed by atoms with van der Waals surface area (Å²) in [6.45, 7) is 3.09. The van der Waals surface area contributed by atoms with Gasteiger partial charge in [-0.1, -0.05) is 23.7 Å². The predicted molar refractivity (Wildman–Crippen MR) is 87.8 cm³/mol. The lowest BCUT2D eigenvalue weighted by atomic mass is 10.1. The second kappa shape index (κ2) is 6.56. The second-order valence-corrected chi connectivity index (χ2v) is 5.99. The minimum Gasteiger partial charge on any atom is -0.370 e. The average Bonchev–Trinajstić information content (AvgIpc) is 2.55. The molecule has 1 aliphatic heterocycles. The van der Waals surface area contributed by atoms with Gasteiger partial charge in [-0.15, -0.1) is 0 Å². The Bertz CT molecular complexity index is 770. The number of benzene rings is 1. The van der Waals surface area contributed by atoms with Gasteiger partial charge >= 0.3 is 0 Å². The molecule has 1 amide bonds. The number of halogens is 1. The number of hydrogen-bond acceptors (Lipinski definition) is 3. The lowest BCUT2D eigenvalue weighted by Gasteiger charge is -2.33. The van der Waals surface area contributed by atoms with Gasteiger partial charge in [0.2, 0.25) is 0 Å². The van der Waals surface area contributed by atoms with Crippen LogP contribution in [0.15, 0.2) is 41.3 Å². The van der Waals surface area contributed by atoms with Crippen LogP contribution in [0.2, 0.25) is 5.02 Å². The maximum Gasteiger partial charge on any atom is 0.259 e. The number of pyridine rings is 1. The number of morpholine rings is 1. The second-order valence-electron chi connectivity index (χ2n) is 5.56. The third kappa shape index (κ3) is 3.46. The Balaban J connectivity index is 1.79. The van der Waals surface area contributed by atoms with Gasteiger partial charge in [0, 0.05) is 29.5 Å². The Morgan fingerprint density at radius 1 is 1.35 bits per heavy atom. The van der Waals surface area contributed by atoms with Crippen LogP contribution >= 0.6 is 11.6 Å². The average molecular weight is 333 g/mol. The molecule has 23 heavy (non-hydrogen) atoms. The van der Waals surface area contributed by atoms with Crippen LogP contribution in [0.5, 0.6) is 0 Å². The summed E-state index contributed by atoms with van der Waals surface area (Å²) in [4.78, 5) is 29.2. The van der Waals surface area contributed by atoms with Crippen molar-refractivity contribution in [3.8, 4) is 0 Å². The van der Waals surface area contributed by atoms with Gasteiger partial charge < -0.3 is 14.6 Å². The van der Waals surface area contributed by atoms with Crippen LogP contribution in [0, 0.1) is 6.92 Å². The highest BCUT2D eigenvalue weighted by Gasteiger charge is 2.27. The van der Waals surface area contributed by atoms with Crippen molar-refractivity contribution in [3.05, 3.63) is 68.6 Å². The first-order valence-corrected chi connectivity index (χ1v) is 7.78. The lowest BCUT2D eigenvalue weighted by molar-refractivity contribution is -0.0228. The molecular formula is C17H17ClN2O3. The number of carbonyl (C=O) groups is 1. The van der Waals surface area contributed by atoms with Crippen LogP contribution in [0.3, 0.4) is 0 Å². The fraction of sp³-hybridized carbons (Fsp3) is 0.294. The molecule has 5 nitrogen and oxygen atoms in total. The number of aromatic nitrogens is 1. The SMILES string of the molecule is Cc1cc(=O)c(C(=O)N2CCO[C@H](c3ccc(Cl)cc3)C2)c[nH]1. The van der Waals surface area contributed by atoms with Crippen LogP contribution in [0.4, 0.5) is 0 Å². The Hall–Kier alpha value is -2.11. The molecule has 1 aromatic carbocycles. The number of aryl methyl sites for hydroxylation is 1. The van der Waals surface area contributed by atoms with Crippen molar-refractivity contribution in [2.45, 2.75) is 13.0 Å². The van der Waals surface area contributed by atoms with Crippen molar-refractivity contribution in [2.75, 3.05) is 19.7 Å². The van der Waals surface area contributed by atoms with E-state index in [2.05, 4.69) is 4.98 Å². The molecule has 0 bridgehead atoms. The molecule has 2 heterocycles. The van der Waals surface area contributed by atoms with Crippen molar-refractivity contribution in [1.82, 2.24) is 9.88 Å². The van der Waals surface area contributed by atoms with Crippen molar-refractivity contribution < 1.29 is 9.53 Å². The van der Waals surface area contributed by atoms with E-state index in [0.29, 0.717) is 24.7 Å². The summed E-state index contributed by atoms with van der Waals surface area (Å²) >= 11 is 5.90. The summed E-state index contributed by atoms with van der Waals surface area (Å²) in [6.07, 6.45) is 1.27. The molecule has 120 valence electrons. The van der Waals surface area contributed by atoms with Crippen molar-refractivity contribution in [3.63, 3.8) is 0 Å². The molecule has 1 aliphatic rings. The Morgan fingerprint density at radius 2 is 2.09 bits per heavy atom. The van der Waals surface area contributed by atoms with Gasteiger partial charge in [-0.2, -0.15) is 0 Å². The minimum atomic E-state index is -0.270. The van der Waals surface area contributed by atoms with Gasteiger partial charge in [0.1, 0.15) is 11.7 Å². The standard InChI is InChI=1S/C17H17ClN2O3/c1-11-8-15(21)14(9-19-11)17(22)20-6-7-23-16(10-20)12-2-4-13(18)5-3-12/h2-5,8-9,16H,6-7,10H2,1H3,(H,19,21)/t16-/m0/s1. The van der Waals surface area contributed by atoms with E-state index in [1.807, 2.05) is 12.1 Å². The summed E-state index contributed by atoms with van der Waals surface area (Å²) < 4.78 is 5.75. The van der Waals surface area contributed by atoms with Crippen LogP contribution in [-0.4, -0.2) is 35.5 Å². The number of aromatic amines is 1. The molecule has 0 radical (unpaired) electrons. The van der Waals surface area contributed by atoms with Gasteiger partial charge in [-0.3, -0.25) is 9.59 Å². The topological polar surface area (TPSA) is 62.4 Å². The van der Waals surface area contributed by atoms with E-state index < -0.39 is 0 Å². The number of nitrogens with one attached hydrogen (secondary N) is 1. The molecule has 1 N–H and O–H groups in total. The molecule has 0 spiro atoms. The first kappa shape index (κ1) is 15.8. The van der Waals surface area contributed by atoms with E-state index in [0.717, 1.165) is 11.3 Å². The monoisotopic (exact) mass is 332 g/mol. The normalized spacial score (nSPS) is 18.0. The van der Waals surface area contributed by atoms with Crippen LogP contribution in [0.1, 0.15) is 27.7 Å². The number of H-pyrrole nitrogens is 1. The summed E-state index contributed by atoms with van der Waals surface area (Å²) in [6, 6.07) is 8.81. The number of carbonyl (C=O) groups excluding carboxylic acids is 1. The zero-order valence-corrected chi connectivity index (χ0v) is 13.5. The van der Waals surface area contributed by atoms with Crippen molar-refractivity contribution in [1.29, 1.82) is 0 Å². The van der Waals surface area contributed by atoms with Gasteiger partial charge in [-0.25, -0.2) is 0 Å². The summed E-state index contributed by atoms with van der Waals surface area (Å²) in [5.74, 6) is -0.270. The van der Waals surface area contributed by atoms with Crippen LogP contribution < -0.4 is 5.43 Å². The molecular weight excluding hydrogens is 316 g/mol. The Labute approximate surface area is 138 Å². The maximum atomic E-state index is 12.6. The first-order valence-electron chi connectivity index (χ1n) is 7.40. The Kier molecular flexibility index (Phi) is 4.50. The Morgan fingerprint density at radius 3 is 2.78 bits per heavy atom. The van der Waals surface area contributed by atoms with Crippen molar-refractivity contribution >= 4 is 17.5 Å². The maximum absolute atomic E-state index is 12.6. The predicted octanol–water partition coefficient (Wildman–Crippen LogP) is 2.55. The number of amides is 1. The van der Waals surface area contributed by atoms with Crippen LogP contribution in [-0.2, 0) is 4.74 Å². The smallest absolute Gasteiger partial charge is 0.259 e. The number of rotatable bonds is 2. The van der Waals surface area contributed by atoms with Crippen molar-refractivity contribution in [2.24, 2.45) is 0 Å². The van der Waals surface area contributed by atoms with E-state index >= 15 is 0 Å². The number of ether oxygens (including phenoxy) is 1. The third-order valence-corrected chi connectivity index (χ3v) is 4.14. The fourth-order valence-electron chi connectivity index (χ4n) is 2.62. The highest BCUT2D eigenvalue weighted by Crippen LogP contribution is 2.24. The van der Waals surface area contributed by atoms with Gasteiger partial charge in [0.05, 0.1) is 13.2 Å². The zero-order valence-electron chi connectivity index (χ0n) is 12.7. The van der Waals surface area contributed by atoms with E-state index in [9.17, 15) is 9.59 Å². The molecule has 1 aromatic heterocycles. The third-order valence-electron chi connectivity index (χ3n) is 3.88. The zero-order chi connectivity index (χ0) is 16.4. The quantitative estimate of drug-likeness (QED) is 0.919. The fourth-order valence-corrected chi connectivity index (χ4v) is 2.75. The summed E-state index contributed by atoms with van der Waals surface area (Å²) in [5.41, 5.74) is 1.59. The first-order chi connectivity index (χ1) is 11.0. The molecule has 3 rings (SSSR count). The largest absolute Gasteiger partial charge is 0.370 e. The summed E-state index contributed by atoms with van der Waals surface area (Å²) in [5, 5.41) is 0.656. The van der Waals surface area contributed by atoms with E-state index in [1.165, 1.54) is 12.3 Å². The van der Waals surface area contributed by atoms with E-state index in [-0.39, 0.29) is 23.0 Å². The molecule has 2 aromatic rings. The highest BCUT2D eigenvalue weighted by atomic mass is 35.5. The number of hydrogen-bond donors (Lipinski definition) is 1. The van der Waals surface area contributed by atoms with Crippen LogP contribution in [0.25, 0.3) is 0 Å². The van der Waals surface area contributed by atoms with E-state index in [1.54, 1.807) is 24.0 Å². The molecule has 0 saturated carbocycles. The molecule has 1 atom stereocenters.